The van der Waals surface area contributed by atoms with Crippen LogP contribution in [0, 0.1) is 6.92 Å². The van der Waals surface area contributed by atoms with E-state index in [1.807, 2.05) is 13.8 Å². The monoisotopic (exact) mass is 238 g/mol. The molecule has 2 N–H and O–H groups in total. The number of nitrogens with two attached hydrogens (primary N) is 1. The van der Waals surface area contributed by atoms with Gasteiger partial charge >= 0.3 is 5.97 Å². The van der Waals surface area contributed by atoms with Crippen molar-refractivity contribution in [2.24, 2.45) is 0 Å². The highest BCUT2D eigenvalue weighted by atomic mass is 16.6. The number of aryl methyl sites for hydroxylation is 1. The number of carbonyl (C=O) groups is 1. The molecule has 94 valence electrons. The van der Waals surface area contributed by atoms with Crippen molar-refractivity contribution in [1.29, 1.82) is 0 Å². The number of pyridine rings is 1. The SMILES string of the molecule is CCOC(=O)C(CC)Oc1ccc(C)nc1N. The Morgan fingerprint density at radius 1 is 1.47 bits per heavy atom. The molecule has 0 amide bonds. The van der Waals surface area contributed by atoms with Gasteiger partial charge in [-0.3, -0.25) is 0 Å². The van der Waals surface area contributed by atoms with Crippen LogP contribution in [0.3, 0.4) is 0 Å². The quantitative estimate of drug-likeness (QED) is 0.790. The van der Waals surface area contributed by atoms with Crippen molar-refractivity contribution in [2.45, 2.75) is 33.3 Å². The third-order valence-corrected chi connectivity index (χ3v) is 2.21. The summed E-state index contributed by atoms with van der Waals surface area (Å²) in [6, 6.07) is 3.49. The van der Waals surface area contributed by atoms with Crippen LogP contribution in [0.25, 0.3) is 0 Å². The van der Waals surface area contributed by atoms with Crippen LogP contribution in [-0.4, -0.2) is 23.7 Å². The molecule has 1 aromatic heterocycles. The minimum Gasteiger partial charge on any atom is -0.475 e. The van der Waals surface area contributed by atoms with E-state index in [4.69, 9.17) is 15.2 Å². The molecule has 1 unspecified atom stereocenters. The molecule has 1 rings (SSSR count). The van der Waals surface area contributed by atoms with E-state index in [0.717, 1.165) is 5.69 Å². The van der Waals surface area contributed by atoms with Gasteiger partial charge in [0.2, 0.25) is 0 Å². The number of ether oxygens (including phenoxy) is 2. The van der Waals surface area contributed by atoms with Crippen LogP contribution in [0.2, 0.25) is 0 Å². The van der Waals surface area contributed by atoms with Crippen molar-refractivity contribution >= 4 is 11.8 Å². The summed E-state index contributed by atoms with van der Waals surface area (Å²) < 4.78 is 10.4. The van der Waals surface area contributed by atoms with E-state index < -0.39 is 6.10 Å². The Hall–Kier alpha value is -1.78. The van der Waals surface area contributed by atoms with E-state index in [2.05, 4.69) is 4.98 Å². The third kappa shape index (κ3) is 3.62. The highest BCUT2D eigenvalue weighted by Crippen LogP contribution is 2.21. The molecule has 0 aliphatic carbocycles. The molecule has 0 aromatic carbocycles. The number of aromatic nitrogens is 1. The number of rotatable bonds is 5. The first-order valence-electron chi connectivity index (χ1n) is 5.64. The lowest BCUT2D eigenvalue weighted by Crippen LogP contribution is -2.29. The zero-order valence-electron chi connectivity index (χ0n) is 10.4. The molecule has 1 heterocycles. The van der Waals surface area contributed by atoms with Gasteiger partial charge in [-0.15, -0.1) is 0 Å². The van der Waals surface area contributed by atoms with E-state index in [1.54, 1.807) is 19.1 Å². The Labute approximate surface area is 101 Å². The largest absolute Gasteiger partial charge is 0.475 e. The van der Waals surface area contributed by atoms with Crippen LogP contribution >= 0.6 is 0 Å². The fourth-order valence-corrected chi connectivity index (χ4v) is 1.35. The van der Waals surface area contributed by atoms with E-state index >= 15 is 0 Å². The zero-order valence-corrected chi connectivity index (χ0v) is 10.4. The first-order chi connectivity index (χ1) is 8.08. The standard InChI is InChI=1S/C12H18N2O3/c1-4-9(12(15)16-5-2)17-10-7-6-8(3)14-11(10)13/h6-7,9H,4-5H2,1-3H3,(H2,13,14). The second-order valence-electron chi connectivity index (χ2n) is 3.60. The second-order valence-corrected chi connectivity index (χ2v) is 3.60. The van der Waals surface area contributed by atoms with Gasteiger partial charge in [0.25, 0.3) is 0 Å². The summed E-state index contributed by atoms with van der Waals surface area (Å²) >= 11 is 0. The zero-order chi connectivity index (χ0) is 12.8. The van der Waals surface area contributed by atoms with Gasteiger partial charge in [-0.1, -0.05) is 6.92 Å². The van der Waals surface area contributed by atoms with E-state index in [0.29, 0.717) is 18.8 Å². The van der Waals surface area contributed by atoms with Gasteiger partial charge in [-0.2, -0.15) is 0 Å². The number of carbonyl (C=O) groups excluding carboxylic acids is 1. The lowest BCUT2D eigenvalue weighted by molar-refractivity contribution is -0.151. The van der Waals surface area contributed by atoms with Crippen LogP contribution in [-0.2, 0) is 9.53 Å². The molecule has 1 aromatic rings. The Bertz CT molecular complexity index is 393. The number of esters is 1. The number of hydrogen-bond acceptors (Lipinski definition) is 5. The Morgan fingerprint density at radius 3 is 2.71 bits per heavy atom. The first-order valence-corrected chi connectivity index (χ1v) is 5.64. The van der Waals surface area contributed by atoms with E-state index in [9.17, 15) is 4.79 Å². The molecule has 0 bridgehead atoms. The average molecular weight is 238 g/mol. The maximum atomic E-state index is 11.5. The molecule has 0 saturated carbocycles. The molecule has 5 nitrogen and oxygen atoms in total. The number of anilines is 1. The number of nitrogens with zero attached hydrogens (tertiary/aromatic N) is 1. The molecule has 17 heavy (non-hydrogen) atoms. The van der Waals surface area contributed by atoms with Gasteiger partial charge in [0.1, 0.15) is 0 Å². The average Bonchev–Trinajstić information content (AvgIpc) is 2.28. The van der Waals surface area contributed by atoms with Crippen LogP contribution < -0.4 is 10.5 Å². The van der Waals surface area contributed by atoms with Crippen LogP contribution in [0.1, 0.15) is 26.0 Å². The summed E-state index contributed by atoms with van der Waals surface area (Å²) in [5.41, 5.74) is 6.51. The molecular weight excluding hydrogens is 220 g/mol. The molecule has 1 atom stereocenters. The second kappa shape index (κ2) is 6.08. The third-order valence-electron chi connectivity index (χ3n) is 2.21. The van der Waals surface area contributed by atoms with Gasteiger partial charge < -0.3 is 15.2 Å². The molecule has 0 fully saturated rings. The van der Waals surface area contributed by atoms with Crippen molar-refractivity contribution in [2.75, 3.05) is 12.3 Å². The van der Waals surface area contributed by atoms with Gasteiger partial charge in [0.15, 0.2) is 17.7 Å². The molecular formula is C12H18N2O3. The summed E-state index contributed by atoms with van der Waals surface area (Å²) in [5.74, 6) is 0.318. The van der Waals surface area contributed by atoms with Gasteiger partial charge in [-0.05, 0) is 32.4 Å². The van der Waals surface area contributed by atoms with Crippen molar-refractivity contribution in [1.82, 2.24) is 4.98 Å². The minimum absolute atomic E-state index is 0.285. The highest BCUT2D eigenvalue weighted by molar-refractivity contribution is 5.75. The molecule has 0 aliphatic heterocycles. The van der Waals surface area contributed by atoms with Gasteiger partial charge in [0, 0.05) is 5.69 Å². The first kappa shape index (κ1) is 13.3. The molecule has 0 aliphatic rings. The summed E-state index contributed by atoms with van der Waals surface area (Å²) in [6.45, 7) is 5.77. The van der Waals surface area contributed by atoms with Crippen molar-refractivity contribution < 1.29 is 14.3 Å². The summed E-state index contributed by atoms with van der Waals surface area (Å²) in [6.07, 6.45) is -0.117. The molecule has 0 saturated heterocycles. The summed E-state index contributed by atoms with van der Waals surface area (Å²) in [4.78, 5) is 15.6. The molecule has 0 radical (unpaired) electrons. The Kier molecular flexibility index (Phi) is 4.75. The molecule has 5 heteroatoms. The number of hydrogen-bond donors (Lipinski definition) is 1. The van der Waals surface area contributed by atoms with Crippen molar-refractivity contribution in [3.8, 4) is 5.75 Å². The number of nitrogen functional groups attached to an aromatic ring is 1. The minimum atomic E-state index is -0.637. The predicted octanol–water partition coefficient (Wildman–Crippen LogP) is 1.69. The topological polar surface area (TPSA) is 74.4 Å². The smallest absolute Gasteiger partial charge is 0.347 e. The van der Waals surface area contributed by atoms with Crippen LogP contribution in [0.5, 0.6) is 5.75 Å². The fourth-order valence-electron chi connectivity index (χ4n) is 1.35. The normalized spacial score (nSPS) is 11.9. The maximum Gasteiger partial charge on any atom is 0.347 e. The Balaban J connectivity index is 2.77. The van der Waals surface area contributed by atoms with E-state index in [-0.39, 0.29) is 11.8 Å². The lowest BCUT2D eigenvalue weighted by Gasteiger charge is -2.16. The summed E-state index contributed by atoms with van der Waals surface area (Å²) in [7, 11) is 0. The van der Waals surface area contributed by atoms with Crippen molar-refractivity contribution in [3.05, 3.63) is 17.8 Å². The van der Waals surface area contributed by atoms with Crippen molar-refractivity contribution in [3.63, 3.8) is 0 Å². The van der Waals surface area contributed by atoms with Gasteiger partial charge in [-0.25, -0.2) is 9.78 Å². The maximum absolute atomic E-state index is 11.5. The fraction of sp³-hybridized carbons (Fsp3) is 0.500. The van der Waals surface area contributed by atoms with Crippen LogP contribution in [0.15, 0.2) is 12.1 Å². The van der Waals surface area contributed by atoms with E-state index in [1.165, 1.54) is 0 Å². The lowest BCUT2D eigenvalue weighted by atomic mass is 10.2. The van der Waals surface area contributed by atoms with Crippen LogP contribution in [0.4, 0.5) is 5.82 Å². The highest BCUT2D eigenvalue weighted by Gasteiger charge is 2.20. The molecule has 0 spiro atoms. The van der Waals surface area contributed by atoms with Gasteiger partial charge in [0.05, 0.1) is 6.61 Å². The Morgan fingerprint density at radius 2 is 2.18 bits per heavy atom. The predicted molar refractivity (Wildman–Crippen MR) is 64.7 cm³/mol. The summed E-state index contributed by atoms with van der Waals surface area (Å²) in [5, 5.41) is 0.